The number of rotatable bonds is 20. The van der Waals surface area contributed by atoms with Gasteiger partial charge in [-0.05, 0) is 66.3 Å². The molecule has 0 aliphatic heterocycles. The molecule has 1 heterocycles. The fourth-order valence-corrected chi connectivity index (χ4v) is 6.42. The molecule has 0 bridgehead atoms. The molecule has 3 rings (SSSR count). The number of aromatic nitrogens is 3. The Morgan fingerprint density at radius 3 is 2.25 bits per heavy atom. The summed E-state index contributed by atoms with van der Waals surface area (Å²) < 4.78 is 7.58. The average molecular weight is 754 g/mol. The van der Waals surface area contributed by atoms with Crippen LogP contribution in [-0.4, -0.2) is 44.7 Å². The summed E-state index contributed by atoms with van der Waals surface area (Å²) in [6.45, 7) is 21.2. The number of nitrogens with zero attached hydrogens (tertiary/aromatic N) is 3. The van der Waals surface area contributed by atoms with Gasteiger partial charge in [-0.1, -0.05) is 124 Å². The summed E-state index contributed by atoms with van der Waals surface area (Å²) in [6, 6.07) is 10.1. The molecule has 0 saturated heterocycles. The summed E-state index contributed by atoms with van der Waals surface area (Å²) in [5, 5.41) is 11.0. The molecule has 11 heteroatoms. The van der Waals surface area contributed by atoms with Gasteiger partial charge in [0.15, 0.2) is 11.8 Å². The van der Waals surface area contributed by atoms with Crippen LogP contribution in [-0.2, 0) is 25.2 Å². The highest BCUT2D eigenvalue weighted by Crippen LogP contribution is 2.38. The van der Waals surface area contributed by atoms with Gasteiger partial charge >= 0.3 is 0 Å². The van der Waals surface area contributed by atoms with E-state index < -0.39 is 17.4 Å². The fourth-order valence-electron chi connectivity index (χ4n) is 5.45. The van der Waals surface area contributed by atoms with Crippen LogP contribution in [0.5, 0.6) is 5.75 Å². The van der Waals surface area contributed by atoms with Crippen LogP contribution in [0.25, 0.3) is 0 Å². The number of carbonyl (C=O) groups excluding carboxylic acids is 3. The van der Waals surface area contributed by atoms with Crippen LogP contribution in [0.2, 0.25) is 5.02 Å². The van der Waals surface area contributed by atoms with Crippen molar-refractivity contribution in [1.29, 1.82) is 0 Å². The van der Waals surface area contributed by atoms with Crippen molar-refractivity contribution in [2.75, 3.05) is 23.0 Å². The topological polar surface area (TPSA) is 115 Å². The minimum Gasteiger partial charge on any atom is -0.493 e. The highest BCUT2D eigenvalue weighted by Gasteiger charge is 2.37. The van der Waals surface area contributed by atoms with Crippen molar-refractivity contribution in [2.24, 2.45) is 5.41 Å². The monoisotopic (exact) mass is 753 g/mol. The molecule has 9 nitrogen and oxygen atoms in total. The molecule has 0 aliphatic carbocycles. The summed E-state index contributed by atoms with van der Waals surface area (Å²) in [6.07, 6.45) is 8.71. The van der Waals surface area contributed by atoms with Gasteiger partial charge in [0.1, 0.15) is 12.1 Å². The zero-order valence-electron chi connectivity index (χ0n) is 33.0. The first-order chi connectivity index (χ1) is 24.4. The van der Waals surface area contributed by atoms with E-state index in [4.69, 9.17) is 16.3 Å². The number of anilines is 2. The predicted octanol–water partition coefficient (Wildman–Crippen LogP) is 10.6. The number of nitrogens with one attached hydrogen (secondary N) is 2. The third kappa shape index (κ3) is 12.1. The summed E-state index contributed by atoms with van der Waals surface area (Å²) in [4.78, 5) is 44.6. The lowest BCUT2D eigenvalue weighted by molar-refractivity contribution is -0.136. The van der Waals surface area contributed by atoms with E-state index >= 15 is 0 Å². The second-order valence-electron chi connectivity index (χ2n) is 15.8. The van der Waals surface area contributed by atoms with Crippen LogP contribution in [0, 0.1) is 5.41 Å². The molecule has 0 spiro atoms. The molecule has 2 N–H and O–H groups in total. The lowest BCUT2D eigenvalue weighted by atomic mass is 9.76. The van der Waals surface area contributed by atoms with Crippen molar-refractivity contribution in [1.82, 2.24) is 14.8 Å². The number of ether oxygens (including phenoxy) is 1. The highest BCUT2D eigenvalue weighted by molar-refractivity contribution is 7.99. The lowest BCUT2D eigenvalue weighted by Gasteiger charge is -2.30. The first-order valence-corrected chi connectivity index (χ1v) is 20.1. The standard InChI is InChI=1S/C41H60ClN5O4S/c1-11-14-15-16-24-52-38-43-27-47(46-38)35(36(49)39(4,5)6)37(50)45-32-26-29(20-21-31(32)42)44-34(48)18-17-23-51-33-22-19-28(40(7,8)12-2)25-30(33)41(9,10)13-3/h19-22,25-27,35H,11-18,23-24H2,1-10H3,(H,44,48)(H,45,50). The lowest BCUT2D eigenvalue weighted by Crippen LogP contribution is -2.39. The summed E-state index contributed by atoms with van der Waals surface area (Å²) in [7, 11) is 0. The SMILES string of the molecule is CCCCCCSc1ncn(C(C(=O)Nc2cc(NC(=O)CCCOc3ccc(C(C)(C)CC)cc3C(C)(C)CC)ccc2Cl)C(=O)C(C)(C)C)n1. The molecule has 0 radical (unpaired) electrons. The van der Waals surface area contributed by atoms with Gasteiger partial charge in [-0.15, -0.1) is 5.10 Å². The third-order valence-electron chi connectivity index (χ3n) is 9.79. The molecule has 2 aromatic carbocycles. The molecule has 0 aliphatic rings. The first-order valence-electron chi connectivity index (χ1n) is 18.7. The number of Topliss-reactive ketones (excluding diaryl/α,β-unsaturated/α-hetero) is 1. The molecule has 0 saturated carbocycles. The van der Waals surface area contributed by atoms with Gasteiger partial charge in [-0.3, -0.25) is 14.4 Å². The van der Waals surface area contributed by atoms with Crippen LogP contribution >= 0.6 is 23.4 Å². The van der Waals surface area contributed by atoms with Crippen LogP contribution in [0.1, 0.15) is 138 Å². The quantitative estimate of drug-likeness (QED) is 0.0670. The number of hydrogen-bond donors (Lipinski definition) is 2. The Morgan fingerprint density at radius 2 is 1.60 bits per heavy atom. The van der Waals surface area contributed by atoms with Gasteiger partial charge in [0, 0.05) is 28.8 Å². The second-order valence-corrected chi connectivity index (χ2v) is 17.3. The number of unbranched alkanes of at least 4 members (excludes halogenated alkanes) is 3. The summed E-state index contributed by atoms with van der Waals surface area (Å²) in [5.74, 6) is 0.610. The maximum atomic E-state index is 13.7. The van der Waals surface area contributed by atoms with E-state index in [1.165, 1.54) is 40.3 Å². The zero-order chi connectivity index (χ0) is 38.7. The average Bonchev–Trinajstić information content (AvgIpc) is 3.55. The number of benzene rings is 2. The third-order valence-corrected chi connectivity index (χ3v) is 11.1. The van der Waals surface area contributed by atoms with E-state index in [1.54, 1.807) is 39.0 Å². The van der Waals surface area contributed by atoms with Gasteiger partial charge in [0.05, 0.1) is 17.3 Å². The highest BCUT2D eigenvalue weighted by atomic mass is 35.5. The summed E-state index contributed by atoms with van der Waals surface area (Å²) in [5.41, 5.74) is 2.40. The Kier molecular flexibility index (Phi) is 15.8. The molecule has 2 amide bonds. The molecular weight excluding hydrogens is 694 g/mol. The van der Waals surface area contributed by atoms with Crippen molar-refractivity contribution < 1.29 is 19.1 Å². The van der Waals surface area contributed by atoms with Gasteiger partial charge in [-0.25, -0.2) is 9.67 Å². The van der Waals surface area contributed by atoms with E-state index in [2.05, 4.69) is 87.4 Å². The fraction of sp³-hybridized carbons (Fsp3) is 0.585. The molecule has 286 valence electrons. The number of amides is 2. The molecule has 1 unspecified atom stereocenters. The Bertz CT molecular complexity index is 1660. The van der Waals surface area contributed by atoms with E-state index in [9.17, 15) is 14.4 Å². The van der Waals surface area contributed by atoms with E-state index in [-0.39, 0.29) is 39.7 Å². The van der Waals surface area contributed by atoms with Crippen LogP contribution in [0.3, 0.4) is 0 Å². The molecule has 52 heavy (non-hydrogen) atoms. The maximum Gasteiger partial charge on any atom is 0.257 e. The van der Waals surface area contributed by atoms with E-state index in [0.29, 0.717) is 23.9 Å². The minimum absolute atomic E-state index is 0.0564. The van der Waals surface area contributed by atoms with Crippen molar-refractivity contribution in [3.63, 3.8) is 0 Å². The zero-order valence-corrected chi connectivity index (χ0v) is 34.5. The Labute approximate surface area is 320 Å². The number of carbonyl (C=O) groups is 3. The van der Waals surface area contributed by atoms with Crippen molar-refractivity contribution in [3.05, 3.63) is 58.9 Å². The number of ketones is 1. The number of thioether (sulfide) groups is 1. The molecule has 1 aromatic heterocycles. The van der Waals surface area contributed by atoms with Gasteiger partial charge < -0.3 is 15.4 Å². The van der Waals surface area contributed by atoms with E-state index in [1.807, 2.05) is 0 Å². The maximum absolute atomic E-state index is 13.7. The largest absolute Gasteiger partial charge is 0.493 e. The van der Waals surface area contributed by atoms with Crippen molar-refractivity contribution >= 4 is 52.3 Å². The van der Waals surface area contributed by atoms with Crippen LogP contribution < -0.4 is 15.4 Å². The van der Waals surface area contributed by atoms with Gasteiger partial charge in [0.25, 0.3) is 5.91 Å². The van der Waals surface area contributed by atoms with Crippen molar-refractivity contribution in [2.45, 2.75) is 143 Å². The summed E-state index contributed by atoms with van der Waals surface area (Å²) >= 11 is 7.99. The van der Waals surface area contributed by atoms with E-state index in [0.717, 1.165) is 43.6 Å². The number of halogens is 1. The van der Waals surface area contributed by atoms with Crippen molar-refractivity contribution in [3.8, 4) is 5.75 Å². The van der Waals surface area contributed by atoms with Gasteiger partial charge in [0.2, 0.25) is 11.1 Å². The van der Waals surface area contributed by atoms with Gasteiger partial charge in [-0.2, -0.15) is 0 Å². The number of hydrogen-bond acceptors (Lipinski definition) is 7. The predicted molar refractivity (Wildman–Crippen MR) is 215 cm³/mol. The Morgan fingerprint density at radius 1 is 0.885 bits per heavy atom. The molecule has 0 fully saturated rings. The normalized spacial score (nSPS) is 12.8. The van der Waals surface area contributed by atoms with Crippen LogP contribution in [0.4, 0.5) is 11.4 Å². The second kappa shape index (κ2) is 19.1. The molecular formula is C41H60ClN5O4S. The molecule has 3 aromatic rings. The smallest absolute Gasteiger partial charge is 0.257 e. The minimum atomic E-state index is -1.26. The molecule has 1 atom stereocenters. The Hall–Kier alpha value is -3.37. The Balaban J connectivity index is 1.66. The first kappa shape index (κ1) is 43.0. The van der Waals surface area contributed by atoms with Crippen LogP contribution in [0.15, 0.2) is 47.9 Å².